The third-order valence-electron chi connectivity index (χ3n) is 2.00. The van der Waals surface area contributed by atoms with Gasteiger partial charge in [0, 0.05) is 5.56 Å². The molecule has 83 valence electrons. The lowest BCUT2D eigenvalue weighted by atomic mass is 10.1. The largest absolute Gasteiger partial charge is 0.441 e. The van der Waals surface area contributed by atoms with Crippen LogP contribution >= 0.6 is 0 Å². The van der Waals surface area contributed by atoms with Gasteiger partial charge >= 0.3 is 6.18 Å². The van der Waals surface area contributed by atoms with E-state index in [0.29, 0.717) is 11.3 Å². The van der Waals surface area contributed by atoms with E-state index in [2.05, 4.69) is 11.2 Å². The SMILES string of the molecule is Cc1[c]nc(-c2cccc(C(F)(F)F)c2)o1. The second-order valence-electron chi connectivity index (χ2n) is 3.27. The maximum absolute atomic E-state index is 12.4. The number of halogens is 3. The molecule has 1 aromatic carbocycles. The molecule has 0 aliphatic carbocycles. The molecule has 0 unspecified atom stereocenters. The summed E-state index contributed by atoms with van der Waals surface area (Å²) >= 11 is 0. The Hall–Kier alpha value is -1.78. The van der Waals surface area contributed by atoms with Gasteiger partial charge in [-0.05, 0) is 25.1 Å². The van der Waals surface area contributed by atoms with Crippen LogP contribution in [-0.2, 0) is 6.18 Å². The molecule has 0 aliphatic rings. The summed E-state index contributed by atoms with van der Waals surface area (Å²) in [5, 5.41) is 0. The maximum Gasteiger partial charge on any atom is 0.416 e. The van der Waals surface area contributed by atoms with Crippen LogP contribution in [0.4, 0.5) is 13.2 Å². The minimum atomic E-state index is -4.36. The quantitative estimate of drug-likeness (QED) is 0.744. The Morgan fingerprint density at radius 1 is 1.31 bits per heavy atom. The lowest BCUT2D eigenvalue weighted by molar-refractivity contribution is -0.137. The summed E-state index contributed by atoms with van der Waals surface area (Å²) in [5.41, 5.74) is -0.431. The Balaban J connectivity index is 2.44. The van der Waals surface area contributed by atoms with Crippen molar-refractivity contribution in [2.45, 2.75) is 13.1 Å². The van der Waals surface area contributed by atoms with Crippen molar-refractivity contribution in [3.05, 3.63) is 41.8 Å². The lowest BCUT2D eigenvalue weighted by Crippen LogP contribution is -2.04. The van der Waals surface area contributed by atoms with Crippen LogP contribution in [0.15, 0.2) is 28.7 Å². The van der Waals surface area contributed by atoms with Gasteiger partial charge in [-0.25, -0.2) is 4.98 Å². The number of aryl methyl sites for hydroxylation is 1. The Kier molecular flexibility index (Phi) is 2.46. The Morgan fingerprint density at radius 3 is 2.62 bits per heavy atom. The monoisotopic (exact) mass is 226 g/mol. The average Bonchev–Trinajstić information content (AvgIpc) is 2.64. The molecule has 2 nitrogen and oxygen atoms in total. The number of hydrogen-bond acceptors (Lipinski definition) is 2. The fraction of sp³-hybridized carbons (Fsp3) is 0.182. The first-order valence-corrected chi connectivity index (χ1v) is 4.49. The molecular weight excluding hydrogens is 219 g/mol. The number of alkyl halides is 3. The molecule has 0 fully saturated rings. The minimum Gasteiger partial charge on any atom is -0.441 e. The van der Waals surface area contributed by atoms with E-state index in [1.165, 1.54) is 12.1 Å². The number of benzene rings is 1. The molecule has 1 radical (unpaired) electrons. The predicted octanol–water partition coefficient (Wildman–Crippen LogP) is 3.47. The molecule has 1 aromatic heterocycles. The molecular formula is C11H7F3NO. The minimum absolute atomic E-state index is 0.142. The summed E-state index contributed by atoms with van der Waals surface area (Å²) in [6, 6.07) is 4.83. The number of nitrogens with zero attached hydrogens (tertiary/aromatic N) is 1. The Bertz CT molecular complexity index is 502. The van der Waals surface area contributed by atoms with E-state index in [1.807, 2.05) is 0 Å². The summed E-state index contributed by atoms with van der Waals surface area (Å²) in [5.74, 6) is 0.580. The molecule has 0 aliphatic heterocycles. The molecule has 1 heterocycles. The second kappa shape index (κ2) is 3.66. The van der Waals surface area contributed by atoms with Gasteiger partial charge < -0.3 is 4.42 Å². The number of rotatable bonds is 1. The highest BCUT2D eigenvalue weighted by molar-refractivity contribution is 5.54. The second-order valence-corrected chi connectivity index (χ2v) is 3.27. The molecule has 16 heavy (non-hydrogen) atoms. The topological polar surface area (TPSA) is 26.0 Å². The third-order valence-corrected chi connectivity index (χ3v) is 2.00. The van der Waals surface area contributed by atoms with E-state index >= 15 is 0 Å². The van der Waals surface area contributed by atoms with Gasteiger partial charge in [-0.15, -0.1) is 0 Å². The predicted molar refractivity (Wildman–Crippen MR) is 50.5 cm³/mol. The van der Waals surface area contributed by atoms with Crippen LogP contribution in [0.3, 0.4) is 0 Å². The molecule has 0 atom stereocenters. The van der Waals surface area contributed by atoms with Crippen molar-refractivity contribution in [3.63, 3.8) is 0 Å². The van der Waals surface area contributed by atoms with Gasteiger partial charge in [0.2, 0.25) is 5.89 Å². The van der Waals surface area contributed by atoms with E-state index in [0.717, 1.165) is 12.1 Å². The zero-order valence-electron chi connectivity index (χ0n) is 8.30. The summed E-state index contributed by atoms with van der Waals surface area (Å²) < 4.78 is 42.4. The summed E-state index contributed by atoms with van der Waals surface area (Å²) in [4.78, 5) is 3.75. The summed E-state index contributed by atoms with van der Waals surface area (Å²) in [6.45, 7) is 1.63. The fourth-order valence-electron chi connectivity index (χ4n) is 1.27. The van der Waals surface area contributed by atoms with Crippen LogP contribution in [0, 0.1) is 13.1 Å². The normalized spacial score (nSPS) is 11.8. The van der Waals surface area contributed by atoms with Crippen molar-refractivity contribution in [2.24, 2.45) is 0 Å². The smallest absolute Gasteiger partial charge is 0.416 e. The van der Waals surface area contributed by atoms with Crippen molar-refractivity contribution in [1.82, 2.24) is 4.98 Å². The highest BCUT2D eigenvalue weighted by Gasteiger charge is 2.30. The van der Waals surface area contributed by atoms with E-state index in [4.69, 9.17) is 4.42 Å². The molecule has 0 bridgehead atoms. The van der Waals surface area contributed by atoms with Crippen LogP contribution in [0.5, 0.6) is 0 Å². The van der Waals surface area contributed by atoms with Crippen molar-refractivity contribution in [2.75, 3.05) is 0 Å². The highest BCUT2D eigenvalue weighted by atomic mass is 19.4. The van der Waals surface area contributed by atoms with E-state index in [1.54, 1.807) is 6.92 Å². The van der Waals surface area contributed by atoms with Crippen molar-refractivity contribution in [1.29, 1.82) is 0 Å². The van der Waals surface area contributed by atoms with Gasteiger partial charge in [-0.3, -0.25) is 0 Å². The first-order chi connectivity index (χ1) is 7.47. The molecule has 2 aromatic rings. The molecule has 0 saturated heterocycles. The zero-order valence-corrected chi connectivity index (χ0v) is 8.30. The van der Waals surface area contributed by atoms with E-state index in [-0.39, 0.29) is 5.89 Å². The van der Waals surface area contributed by atoms with Gasteiger partial charge in [0.15, 0.2) is 0 Å². The van der Waals surface area contributed by atoms with Crippen LogP contribution in [0.25, 0.3) is 11.5 Å². The molecule has 0 N–H and O–H groups in total. The number of oxazole rings is 1. The maximum atomic E-state index is 12.4. The van der Waals surface area contributed by atoms with Crippen molar-refractivity contribution in [3.8, 4) is 11.5 Å². The molecule has 5 heteroatoms. The van der Waals surface area contributed by atoms with E-state index < -0.39 is 11.7 Å². The summed E-state index contributed by atoms with van der Waals surface area (Å²) in [7, 11) is 0. The van der Waals surface area contributed by atoms with Crippen LogP contribution in [-0.4, -0.2) is 4.98 Å². The molecule has 2 rings (SSSR count). The number of hydrogen-bond donors (Lipinski definition) is 0. The highest BCUT2D eigenvalue weighted by Crippen LogP contribution is 2.31. The van der Waals surface area contributed by atoms with Crippen molar-refractivity contribution < 1.29 is 17.6 Å². The average molecular weight is 226 g/mol. The van der Waals surface area contributed by atoms with E-state index in [9.17, 15) is 13.2 Å². The first kappa shape index (κ1) is 10.7. The number of aromatic nitrogens is 1. The van der Waals surface area contributed by atoms with Gasteiger partial charge in [0.25, 0.3) is 0 Å². The Morgan fingerprint density at radius 2 is 2.06 bits per heavy atom. The zero-order chi connectivity index (χ0) is 11.8. The third kappa shape index (κ3) is 2.08. The molecule has 0 saturated carbocycles. The van der Waals surface area contributed by atoms with Crippen LogP contribution in [0.1, 0.15) is 11.3 Å². The molecule has 0 amide bonds. The van der Waals surface area contributed by atoms with Gasteiger partial charge in [-0.2, -0.15) is 13.2 Å². The fourth-order valence-corrected chi connectivity index (χ4v) is 1.27. The Labute approximate surface area is 89.7 Å². The standard InChI is InChI=1S/C11H7F3NO/c1-7-6-15-10(16-7)8-3-2-4-9(5-8)11(12,13)14/h2-5H,1H3. The lowest BCUT2D eigenvalue weighted by Gasteiger charge is -2.06. The summed E-state index contributed by atoms with van der Waals surface area (Å²) in [6.07, 6.45) is -1.83. The van der Waals surface area contributed by atoms with Gasteiger partial charge in [0.1, 0.15) is 12.0 Å². The van der Waals surface area contributed by atoms with Crippen LogP contribution < -0.4 is 0 Å². The van der Waals surface area contributed by atoms with Gasteiger partial charge in [-0.1, -0.05) is 6.07 Å². The van der Waals surface area contributed by atoms with Gasteiger partial charge in [0.05, 0.1) is 5.56 Å². The molecule has 0 spiro atoms. The van der Waals surface area contributed by atoms with Crippen molar-refractivity contribution >= 4 is 0 Å². The van der Waals surface area contributed by atoms with Crippen LogP contribution in [0.2, 0.25) is 0 Å². The first-order valence-electron chi connectivity index (χ1n) is 4.49.